The van der Waals surface area contributed by atoms with Crippen molar-refractivity contribution in [3.05, 3.63) is 47.6 Å². The first-order valence-electron chi connectivity index (χ1n) is 23.9. The molecule has 65 heavy (non-hydrogen) atoms. The van der Waals surface area contributed by atoms with Gasteiger partial charge >= 0.3 is 5.97 Å². The van der Waals surface area contributed by atoms with Crippen LogP contribution < -0.4 is 0 Å². The lowest BCUT2D eigenvalue weighted by molar-refractivity contribution is -0.265. The second-order valence-electron chi connectivity index (χ2n) is 19.6. The maximum Gasteiger partial charge on any atom is 0.329 e. The molecule has 1 saturated carbocycles. The van der Waals surface area contributed by atoms with Crippen LogP contribution >= 0.6 is 0 Å². The smallest absolute Gasteiger partial charge is 0.329 e. The highest BCUT2D eigenvalue weighted by atomic mass is 16.6. The minimum Gasteiger partial charge on any atom is -0.460 e. The van der Waals surface area contributed by atoms with Crippen LogP contribution in [0.5, 0.6) is 0 Å². The number of amides is 1. The van der Waals surface area contributed by atoms with E-state index in [4.69, 9.17) is 23.7 Å². The maximum absolute atomic E-state index is 14.4. The summed E-state index contributed by atoms with van der Waals surface area (Å²) in [7, 11) is 4.53. The van der Waals surface area contributed by atoms with Gasteiger partial charge in [-0.25, -0.2) is 4.79 Å². The predicted molar refractivity (Wildman–Crippen MR) is 245 cm³/mol. The molecule has 15 atom stereocenters. The zero-order valence-corrected chi connectivity index (χ0v) is 40.6. The quantitative estimate of drug-likeness (QED) is 0.202. The third kappa shape index (κ3) is 14.3. The third-order valence-corrected chi connectivity index (χ3v) is 14.5. The molecule has 14 heteroatoms. The number of ketones is 3. The third-order valence-electron chi connectivity index (χ3n) is 14.5. The van der Waals surface area contributed by atoms with E-state index in [9.17, 15) is 39.3 Å². The van der Waals surface area contributed by atoms with Gasteiger partial charge in [-0.3, -0.25) is 19.2 Å². The number of esters is 1. The molecule has 2 bridgehead atoms. The fourth-order valence-electron chi connectivity index (χ4n) is 10.1. The van der Waals surface area contributed by atoms with Gasteiger partial charge in [-0.15, -0.1) is 0 Å². The number of aliphatic hydroxyl groups excluding tert-OH is 2. The maximum atomic E-state index is 14.4. The number of piperidine rings is 1. The molecule has 4 rings (SSSR count). The van der Waals surface area contributed by atoms with Crippen molar-refractivity contribution in [2.45, 2.75) is 180 Å². The number of aliphatic hydroxyl groups is 3. The summed E-state index contributed by atoms with van der Waals surface area (Å²) < 4.78 is 29.4. The van der Waals surface area contributed by atoms with E-state index in [0.717, 1.165) is 12.0 Å². The molecule has 1 amide bonds. The number of Topliss-reactive ketones (excluding diaryl/α,β-unsaturated/α-hetero) is 3. The molecule has 366 valence electrons. The largest absolute Gasteiger partial charge is 0.460 e. The summed E-state index contributed by atoms with van der Waals surface area (Å²) in [5, 5.41) is 33.9. The first kappa shape index (κ1) is 54.2. The summed E-state index contributed by atoms with van der Waals surface area (Å²) in [6.07, 6.45) is 11.2. The molecule has 0 spiro atoms. The highest BCUT2D eigenvalue weighted by Gasteiger charge is 2.53. The van der Waals surface area contributed by atoms with Gasteiger partial charge in [0.05, 0.1) is 30.5 Å². The number of hydrogen-bond donors (Lipinski definition) is 3. The molecule has 3 unspecified atom stereocenters. The van der Waals surface area contributed by atoms with E-state index in [1.54, 1.807) is 41.1 Å². The summed E-state index contributed by atoms with van der Waals surface area (Å²) in [5.74, 6) is -7.93. The highest BCUT2D eigenvalue weighted by molar-refractivity contribution is 6.39. The molecular formula is C51H79NO13. The average molecular weight is 914 g/mol. The van der Waals surface area contributed by atoms with Gasteiger partial charge in [0.1, 0.15) is 18.2 Å². The Morgan fingerprint density at radius 3 is 2.26 bits per heavy atom. The van der Waals surface area contributed by atoms with Gasteiger partial charge in [0.25, 0.3) is 11.7 Å². The lowest BCUT2D eigenvalue weighted by Gasteiger charge is -2.42. The van der Waals surface area contributed by atoms with E-state index in [1.807, 2.05) is 58.1 Å². The molecule has 3 heterocycles. The zero-order valence-electron chi connectivity index (χ0n) is 40.6. The van der Waals surface area contributed by atoms with Crippen LogP contribution in [0, 0.1) is 35.5 Å². The van der Waals surface area contributed by atoms with Crippen molar-refractivity contribution in [3.63, 3.8) is 0 Å². The number of allylic oxidation sites excluding steroid dienone is 6. The second kappa shape index (κ2) is 25.1. The Bertz CT molecular complexity index is 1760. The predicted octanol–water partition coefficient (Wildman–Crippen LogP) is 6.18. The van der Waals surface area contributed by atoms with Crippen molar-refractivity contribution < 1.29 is 63.0 Å². The van der Waals surface area contributed by atoms with Gasteiger partial charge in [0.15, 0.2) is 11.6 Å². The number of rotatable bonds is 6. The van der Waals surface area contributed by atoms with E-state index in [1.165, 1.54) is 12.0 Å². The van der Waals surface area contributed by atoms with Gasteiger partial charge in [0, 0.05) is 58.5 Å². The number of ether oxygens (including phenoxy) is 5. The molecule has 0 aromatic heterocycles. The van der Waals surface area contributed by atoms with Crippen molar-refractivity contribution in [1.29, 1.82) is 0 Å². The SMILES string of the molecule is CO[C@H]1C[C@@H]2CC[C@@H](C)[C@@](O)(O2)C(=O)C(=O)N2CCCCC2C(=O)O[C@H]([C@H](C)CC2CC[C@@H](O)[C@H](OC)C2)CC(=O)/C(C)=C/C(C)[C@@H](O)[C@@H](OC)C(=O)[C@H](C)C[C@H](C)C=CC=CC=C1C. The molecular weight excluding hydrogens is 835 g/mol. The van der Waals surface area contributed by atoms with E-state index in [0.29, 0.717) is 63.4 Å². The summed E-state index contributed by atoms with van der Waals surface area (Å²) in [6, 6.07) is -1.14. The van der Waals surface area contributed by atoms with E-state index in [2.05, 4.69) is 0 Å². The van der Waals surface area contributed by atoms with Crippen molar-refractivity contribution in [3.8, 4) is 0 Å². The normalized spacial score (nSPS) is 38.6. The number of fused-ring (bicyclic) bond motifs is 3. The number of carbonyl (C=O) groups is 5. The van der Waals surface area contributed by atoms with Gasteiger partial charge < -0.3 is 43.9 Å². The Morgan fingerprint density at radius 1 is 0.862 bits per heavy atom. The number of carbonyl (C=O) groups excluding carboxylic acids is 5. The number of nitrogens with zero attached hydrogens (tertiary/aromatic N) is 1. The van der Waals surface area contributed by atoms with Gasteiger partial charge in [-0.2, -0.15) is 0 Å². The van der Waals surface area contributed by atoms with Crippen LogP contribution in [0.15, 0.2) is 47.6 Å². The summed E-state index contributed by atoms with van der Waals surface area (Å²) in [5.41, 5.74) is 1.19. The topological polar surface area (TPSA) is 195 Å². The van der Waals surface area contributed by atoms with Crippen LogP contribution in [0.1, 0.15) is 126 Å². The van der Waals surface area contributed by atoms with Crippen molar-refractivity contribution in [2.75, 3.05) is 27.9 Å². The van der Waals surface area contributed by atoms with Crippen LogP contribution in [-0.2, 0) is 47.7 Å². The Labute approximate surface area is 387 Å². The molecule has 0 radical (unpaired) electrons. The first-order valence-corrected chi connectivity index (χ1v) is 23.9. The molecule has 14 nitrogen and oxygen atoms in total. The Morgan fingerprint density at radius 2 is 1.58 bits per heavy atom. The van der Waals surface area contributed by atoms with Gasteiger partial charge in [-0.05, 0) is 107 Å². The van der Waals surface area contributed by atoms with Crippen LogP contribution in [0.3, 0.4) is 0 Å². The number of methoxy groups -OCH3 is 3. The van der Waals surface area contributed by atoms with E-state index in [-0.39, 0.29) is 54.8 Å². The molecule has 3 fully saturated rings. The lowest BCUT2D eigenvalue weighted by atomic mass is 9.78. The summed E-state index contributed by atoms with van der Waals surface area (Å²) in [4.78, 5) is 71.7. The Hall–Kier alpha value is -3.37. The zero-order chi connectivity index (χ0) is 48.2. The lowest BCUT2D eigenvalue weighted by Crippen LogP contribution is -2.61. The van der Waals surface area contributed by atoms with Crippen LogP contribution in [0.2, 0.25) is 0 Å². The molecule has 0 aromatic rings. The van der Waals surface area contributed by atoms with Crippen LogP contribution in [-0.4, -0.2) is 132 Å². The summed E-state index contributed by atoms with van der Waals surface area (Å²) >= 11 is 0. The second-order valence-corrected chi connectivity index (χ2v) is 19.6. The Balaban J connectivity index is 1.70. The minimum absolute atomic E-state index is 0.0220. The standard InChI is InChI=1S/C51H79NO13/c1-30-16-12-11-13-17-31(2)42(61-8)28-38-21-19-36(7)51(60,65-38)48(57)49(58)52-23-15-14-18-39(52)50(59)64-43(33(4)26-37-20-22-40(53)44(27-37)62-9)29-41(54)32(3)25-35(6)46(56)47(63-10)45(55)34(5)24-30/h11-13,16-17,25,30,33-40,42-44,46-47,53,56,60H,14-15,18-24,26-29H2,1-10H3/b13-11?,16-12?,31-17?,32-25+/t30-,33-,34-,35?,36-,37?,38+,39?,40-,42+,43+,44-,46-,47+,51-/m1/s1. The fourth-order valence-corrected chi connectivity index (χ4v) is 10.1. The van der Waals surface area contributed by atoms with Crippen molar-refractivity contribution in [2.24, 2.45) is 35.5 Å². The van der Waals surface area contributed by atoms with E-state index < -0.39 is 83.9 Å². The Kier molecular flexibility index (Phi) is 21.0. The molecule has 4 aliphatic rings. The van der Waals surface area contributed by atoms with Gasteiger partial charge in [0.2, 0.25) is 5.79 Å². The highest BCUT2D eigenvalue weighted by Crippen LogP contribution is 2.38. The minimum atomic E-state index is -2.43. The van der Waals surface area contributed by atoms with Crippen molar-refractivity contribution in [1.82, 2.24) is 4.90 Å². The average Bonchev–Trinajstić information content (AvgIpc) is 3.28. The summed E-state index contributed by atoms with van der Waals surface area (Å²) in [6.45, 7) is 12.7. The molecule has 3 N–H and O–H groups in total. The van der Waals surface area contributed by atoms with Gasteiger partial charge in [-0.1, -0.05) is 71.1 Å². The fraction of sp³-hybridized carbons (Fsp3) is 0.745. The molecule has 2 saturated heterocycles. The van der Waals surface area contributed by atoms with Crippen LogP contribution in [0.4, 0.5) is 0 Å². The van der Waals surface area contributed by atoms with Crippen molar-refractivity contribution >= 4 is 29.2 Å². The number of cyclic esters (lactones) is 1. The molecule has 3 aliphatic heterocycles. The van der Waals surface area contributed by atoms with Crippen LogP contribution in [0.25, 0.3) is 0 Å². The first-order chi connectivity index (χ1) is 30.7. The monoisotopic (exact) mass is 914 g/mol. The van der Waals surface area contributed by atoms with E-state index >= 15 is 0 Å². The molecule has 1 aliphatic carbocycles. The number of hydrogen-bond acceptors (Lipinski definition) is 13. The molecule has 0 aromatic carbocycles.